The van der Waals surface area contributed by atoms with Crippen LogP contribution in [0.15, 0.2) is 24.3 Å². The third-order valence-corrected chi connectivity index (χ3v) is 6.88. The summed E-state index contributed by atoms with van der Waals surface area (Å²) in [5.41, 5.74) is 2.92. The van der Waals surface area contributed by atoms with Crippen LogP contribution in [0.25, 0.3) is 0 Å². The van der Waals surface area contributed by atoms with Crippen molar-refractivity contribution >= 4 is 23.2 Å². The van der Waals surface area contributed by atoms with E-state index in [4.69, 9.17) is 35.9 Å². The van der Waals surface area contributed by atoms with Crippen LogP contribution in [0.2, 0.25) is 0 Å². The molecule has 3 aliphatic heterocycles. The van der Waals surface area contributed by atoms with Crippen LogP contribution >= 0.6 is 12.2 Å². The molecule has 0 aliphatic carbocycles. The Morgan fingerprint density at radius 1 is 1.00 bits per heavy atom. The van der Waals surface area contributed by atoms with Gasteiger partial charge in [0.25, 0.3) is 5.91 Å². The minimum Gasteiger partial charge on any atom is -0.493 e. The van der Waals surface area contributed by atoms with Crippen LogP contribution in [0.3, 0.4) is 0 Å². The predicted octanol–water partition coefficient (Wildman–Crippen LogP) is 2.95. The minimum atomic E-state index is -0.392. The number of amides is 1. The van der Waals surface area contributed by atoms with Crippen LogP contribution in [0.4, 0.5) is 0 Å². The quantitative estimate of drug-likeness (QED) is 0.618. The lowest BCUT2D eigenvalue weighted by Crippen LogP contribution is -2.44. The van der Waals surface area contributed by atoms with Crippen LogP contribution in [-0.4, -0.2) is 67.9 Å². The van der Waals surface area contributed by atoms with Crippen molar-refractivity contribution in [2.75, 3.05) is 41.1 Å². The number of carbonyl (C=O) groups is 1. The van der Waals surface area contributed by atoms with Crippen LogP contribution in [0.5, 0.6) is 28.7 Å². The molecule has 33 heavy (non-hydrogen) atoms. The predicted molar refractivity (Wildman–Crippen MR) is 125 cm³/mol. The van der Waals surface area contributed by atoms with E-state index in [1.807, 2.05) is 36.1 Å². The maximum atomic E-state index is 13.3. The van der Waals surface area contributed by atoms with E-state index in [2.05, 4.69) is 0 Å². The maximum Gasteiger partial charge on any atom is 0.251 e. The first-order chi connectivity index (χ1) is 16.0. The third kappa shape index (κ3) is 3.25. The summed E-state index contributed by atoms with van der Waals surface area (Å²) < 4.78 is 28.4. The summed E-state index contributed by atoms with van der Waals surface area (Å²) >= 11 is 5.80. The summed E-state index contributed by atoms with van der Waals surface area (Å²) in [6, 6.07) is 7.10. The molecule has 174 valence electrons. The standard InChI is InChI=1S/C24H26N2O6S/c1-5-25-23(27)16-8-13-9-17-18(32-7-6-31-17)12-15(13)21(26(16)24(25)33)14-10-19(28-2)22(30-4)20(11-14)29-3/h9-12,16,21H,5-8H2,1-4H3/t16-,21+/m0/s1. The molecule has 9 heteroatoms. The van der Waals surface area contributed by atoms with E-state index in [1.165, 1.54) is 0 Å². The zero-order valence-corrected chi connectivity index (χ0v) is 19.9. The molecular formula is C24H26N2O6S. The topological polar surface area (TPSA) is 69.7 Å². The molecule has 2 aromatic rings. The number of nitrogens with zero attached hydrogens (tertiary/aromatic N) is 2. The van der Waals surface area contributed by atoms with Crippen LogP contribution in [0, 0.1) is 0 Å². The van der Waals surface area contributed by atoms with Gasteiger partial charge in [0.1, 0.15) is 19.3 Å². The number of hydrogen-bond acceptors (Lipinski definition) is 7. The molecule has 8 nitrogen and oxygen atoms in total. The second-order valence-electron chi connectivity index (χ2n) is 8.05. The van der Waals surface area contributed by atoms with Gasteiger partial charge >= 0.3 is 0 Å². The Bertz CT molecular complexity index is 1110. The molecule has 2 aromatic carbocycles. The first kappa shape index (κ1) is 21.6. The van der Waals surface area contributed by atoms with Gasteiger partial charge in [-0.2, -0.15) is 0 Å². The van der Waals surface area contributed by atoms with Crippen LogP contribution in [-0.2, 0) is 11.2 Å². The zero-order chi connectivity index (χ0) is 23.3. The fourth-order valence-electron chi connectivity index (χ4n) is 4.97. The molecule has 1 saturated heterocycles. The number of hydrogen-bond donors (Lipinski definition) is 0. The molecule has 0 radical (unpaired) electrons. The Morgan fingerprint density at radius 3 is 2.21 bits per heavy atom. The Balaban J connectivity index is 1.74. The van der Waals surface area contributed by atoms with Gasteiger partial charge in [-0.25, -0.2) is 0 Å². The Hall–Kier alpha value is -3.20. The Morgan fingerprint density at radius 2 is 1.64 bits per heavy atom. The lowest BCUT2D eigenvalue weighted by atomic mass is 9.84. The number of ether oxygens (including phenoxy) is 5. The van der Waals surface area contributed by atoms with Gasteiger partial charge in [0.15, 0.2) is 28.1 Å². The second-order valence-corrected chi connectivity index (χ2v) is 8.41. The summed E-state index contributed by atoms with van der Waals surface area (Å²) in [7, 11) is 4.75. The van der Waals surface area contributed by atoms with Gasteiger partial charge < -0.3 is 28.6 Å². The van der Waals surface area contributed by atoms with Crippen molar-refractivity contribution in [1.29, 1.82) is 0 Å². The van der Waals surface area contributed by atoms with Crippen molar-refractivity contribution in [3.05, 3.63) is 41.0 Å². The number of carbonyl (C=O) groups excluding carboxylic acids is 1. The highest BCUT2D eigenvalue weighted by molar-refractivity contribution is 7.80. The number of rotatable bonds is 5. The van der Waals surface area contributed by atoms with E-state index in [9.17, 15) is 4.79 Å². The highest BCUT2D eigenvalue weighted by atomic mass is 32.1. The summed E-state index contributed by atoms with van der Waals surface area (Å²) in [5, 5.41) is 0.520. The lowest BCUT2D eigenvalue weighted by Gasteiger charge is -2.40. The number of benzene rings is 2. The molecule has 0 N–H and O–H groups in total. The molecular weight excluding hydrogens is 444 g/mol. The van der Waals surface area contributed by atoms with Crippen LogP contribution in [0.1, 0.15) is 29.7 Å². The van der Waals surface area contributed by atoms with E-state index >= 15 is 0 Å². The molecule has 0 aromatic heterocycles. The van der Waals surface area contributed by atoms with Gasteiger partial charge in [0.2, 0.25) is 5.75 Å². The summed E-state index contributed by atoms with van der Waals surface area (Å²) in [5.74, 6) is 3.00. The molecule has 0 spiro atoms. The molecule has 2 atom stereocenters. The van der Waals surface area contributed by atoms with Crippen LogP contribution < -0.4 is 23.7 Å². The van der Waals surface area contributed by atoms with Crippen molar-refractivity contribution < 1.29 is 28.5 Å². The van der Waals surface area contributed by atoms with Crippen molar-refractivity contribution in [1.82, 2.24) is 9.80 Å². The monoisotopic (exact) mass is 470 g/mol. The molecule has 0 unspecified atom stereocenters. The van der Waals surface area contributed by atoms with Gasteiger partial charge in [0, 0.05) is 13.0 Å². The van der Waals surface area contributed by atoms with E-state index in [-0.39, 0.29) is 11.9 Å². The average molecular weight is 471 g/mol. The highest BCUT2D eigenvalue weighted by Gasteiger charge is 2.49. The largest absolute Gasteiger partial charge is 0.493 e. The van der Waals surface area contributed by atoms with E-state index in [0.717, 1.165) is 16.7 Å². The molecule has 0 bridgehead atoms. The Kier molecular flexibility index (Phi) is 5.44. The van der Waals surface area contributed by atoms with Gasteiger partial charge in [-0.3, -0.25) is 9.69 Å². The van der Waals surface area contributed by atoms with Gasteiger partial charge in [0.05, 0.1) is 27.4 Å². The molecule has 1 fully saturated rings. The van der Waals surface area contributed by atoms with Crippen molar-refractivity contribution in [3.8, 4) is 28.7 Å². The first-order valence-corrected chi connectivity index (χ1v) is 11.3. The SMILES string of the molecule is CCN1C(=O)[C@@H]2Cc3cc4c(cc3[C@@H](c3cc(OC)c(OC)c(OC)c3)N2C1=S)OCCO4. The highest BCUT2D eigenvalue weighted by Crippen LogP contribution is 2.49. The summed E-state index contributed by atoms with van der Waals surface area (Å²) in [6.07, 6.45) is 0.544. The summed E-state index contributed by atoms with van der Waals surface area (Å²) in [4.78, 5) is 17.0. The minimum absolute atomic E-state index is 0.0143. The summed E-state index contributed by atoms with van der Waals surface area (Å²) in [6.45, 7) is 3.45. The fourth-order valence-corrected chi connectivity index (χ4v) is 5.42. The number of thiocarbonyl (C=S) groups is 1. The molecule has 3 aliphatic rings. The zero-order valence-electron chi connectivity index (χ0n) is 19.0. The number of fused-ring (bicyclic) bond motifs is 3. The van der Waals surface area contributed by atoms with E-state index in [1.54, 1.807) is 26.2 Å². The third-order valence-electron chi connectivity index (χ3n) is 6.45. The number of likely N-dealkylation sites (N-methyl/N-ethyl adjacent to an activating group) is 1. The smallest absolute Gasteiger partial charge is 0.251 e. The van der Waals surface area contributed by atoms with Crippen molar-refractivity contribution in [2.24, 2.45) is 0 Å². The van der Waals surface area contributed by atoms with Crippen molar-refractivity contribution in [3.63, 3.8) is 0 Å². The maximum absolute atomic E-state index is 13.3. The van der Waals surface area contributed by atoms with E-state index < -0.39 is 6.04 Å². The Labute approximate surface area is 197 Å². The molecule has 3 heterocycles. The lowest BCUT2D eigenvalue weighted by molar-refractivity contribution is -0.128. The fraction of sp³-hybridized carbons (Fsp3) is 0.417. The molecule has 5 rings (SSSR count). The molecule has 1 amide bonds. The van der Waals surface area contributed by atoms with Crippen molar-refractivity contribution in [2.45, 2.75) is 25.4 Å². The second kappa shape index (κ2) is 8.30. The van der Waals surface area contributed by atoms with Gasteiger partial charge in [-0.1, -0.05) is 0 Å². The molecule has 0 saturated carbocycles. The van der Waals surface area contributed by atoms with E-state index in [0.29, 0.717) is 60.0 Å². The average Bonchev–Trinajstić information content (AvgIpc) is 3.08. The first-order valence-electron chi connectivity index (χ1n) is 10.9. The van der Waals surface area contributed by atoms with Gasteiger partial charge in [-0.15, -0.1) is 0 Å². The normalized spacial score (nSPS) is 21.0. The number of methoxy groups -OCH3 is 3. The van der Waals surface area contributed by atoms with Gasteiger partial charge in [-0.05, 0) is 60.1 Å².